The van der Waals surface area contributed by atoms with E-state index in [9.17, 15) is 13.2 Å². The predicted molar refractivity (Wildman–Crippen MR) is 64.4 cm³/mol. The van der Waals surface area contributed by atoms with Crippen LogP contribution in [0.1, 0.15) is 30.5 Å². The summed E-state index contributed by atoms with van der Waals surface area (Å²) in [6.07, 6.45) is -3.81. The molecule has 0 aliphatic heterocycles. The quantitative estimate of drug-likeness (QED) is 0.792. The maximum absolute atomic E-state index is 12.9. The first kappa shape index (κ1) is 15.0. The summed E-state index contributed by atoms with van der Waals surface area (Å²) in [6.45, 7) is 2.86. The minimum atomic E-state index is -4.32. The van der Waals surface area contributed by atoms with Gasteiger partial charge in [-0.1, -0.05) is 18.2 Å². The van der Waals surface area contributed by atoms with Gasteiger partial charge < -0.3 is 10.1 Å². The van der Waals surface area contributed by atoms with Gasteiger partial charge in [-0.05, 0) is 32.0 Å². The van der Waals surface area contributed by atoms with Gasteiger partial charge in [-0.3, -0.25) is 0 Å². The molecule has 0 spiro atoms. The molecule has 5 heteroatoms. The van der Waals surface area contributed by atoms with Gasteiger partial charge in [-0.25, -0.2) is 0 Å². The first-order chi connectivity index (χ1) is 8.50. The van der Waals surface area contributed by atoms with Crippen LogP contribution in [0, 0.1) is 0 Å². The van der Waals surface area contributed by atoms with Gasteiger partial charge in [-0.15, -0.1) is 0 Å². The highest BCUT2D eigenvalue weighted by Gasteiger charge is 2.34. The number of rotatable bonds is 6. The molecule has 0 aliphatic carbocycles. The molecule has 0 aromatic heterocycles. The summed E-state index contributed by atoms with van der Waals surface area (Å²) in [4.78, 5) is 0. The third kappa shape index (κ3) is 3.99. The number of hydrogen-bond acceptors (Lipinski definition) is 2. The molecule has 0 saturated carbocycles. The molecule has 0 saturated heterocycles. The van der Waals surface area contributed by atoms with Crippen LogP contribution in [0.25, 0.3) is 0 Å². The Morgan fingerprint density at radius 3 is 2.50 bits per heavy atom. The highest BCUT2D eigenvalue weighted by atomic mass is 19.4. The van der Waals surface area contributed by atoms with Crippen molar-refractivity contribution in [2.75, 3.05) is 20.3 Å². The summed E-state index contributed by atoms with van der Waals surface area (Å²) in [6, 6.07) is 5.29. The molecule has 1 unspecified atom stereocenters. The highest BCUT2D eigenvalue weighted by molar-refractivity contribution is 5.32. The third-order valence-corrected chi connectivity index (χ3v) is 2.75. The molecule has 0 bridgehead atoms. The summed E-state index contributed by atoms with van der Waals surface area (Å²) in [5.74, 6) is 0. The lowest BCUT2D eigenvalue weighted by atomic mass is 9.98. The largest absolute Gasteiger partial charge is 0.416 e. The van der Waals surface area contributed by atoms with Crippen molar-refractivity contribution in [3.8, 4) is 0 Å². The first-order valence-electron chi connectivity index (χ1n) is 5.91. The zero-order chi connectivity index (χ0) is 13.6. The molecule has 1 rings (SSSR count). The fourth-order valence-electron chi connectivity index (χ4n) is 1.86. The minimum absolute atomic E-state index is 0.271. The lowest BCUT2D eigenvalue weighted by Gasteiger charge is -2.21. The van der Waals surface area contributed by atoms with Crippen molar-refractivity contribution in [3.05, 3.63) is 35.4 Å². The van der Waals surface area contributed by atoms with Gasteiger partial charge in [0, 0.05) is 19.3 Å². The van der Waals surface area contributed by atoms with E-state index in [4.69, 9.17) is 4.74 Å². The van der Waals surface area contributed by atoms with Crippen molar-refractivity contribution in [1.82, 2.24) is 5.32 Å². The van der Waals surface area contributed by atoms with Crippen LogP contribution in [0.5, 0.6) is 0 Å². The molecule has 0 fully saturated rings. The molecule has 0 heterocycles. The van der Waals surface area contributed by atoms with Crippen LogP contribution in [-0.4, -0.2) is 20.3 Å². The van der Waals surface area contributed by atoms with Crippen molar-refractivity contribution in [3.63, 3.8) is 0 Å². The number of halogens is 3. The lowest BCUT2D eigenvalue weighted by molar-refractivity contribution is -0.138. The lowest BCUT2D eigenvalue weighted by Crippen LogP contribution is -2.22. The number of hydrogen-bond donors (Lipinski definition) is 1. The van der Waals surface area contributed by atoms with E-state index in [0.717, 1.165) is 6.07 Å². The maximum Gasteiger partial charge on any atom is 0.416 e. The Hall–Kier alpha value is -1.07. The molecule has 1 N–H and O–H groups in total. The van der Waals surface area contributed by atoms with Crippen LogP contribution >= 0.6 is 0 Å². The van der Waals surface area contributed by atoms with Crippen molar-refractivity contribution >= 4 is 0 Å². The van der Waals surface area contributed by atoms with Gasteiger partial charge in [0.05, 0.1) is 5.56 Å². The molecule has 102 valence electrons. The second-order valence-electron chi connectivity index (χ2n) is 3.91. The van der Waals surface area contributed by atoms with E-state index in [1.807, 2.05) is 6.92 Å². The summed E-state index contributed by atoms with van der Waals surface area (Å²) < 4.78 is 43.8. The molecule has 1 aromatic rings. The standard InChI is InChI=1S/C13H18F3NO/c1-3-18-9-8-12(17-2)10-6-4-5-7-11(10)13(14,15)16/h4-7,12,17H,3,8-9H2,1-2H3. The second-order valence-corrected chi connectivity index (χ2v) is 3.91. The van der Waals surface area contributed by atoms with E-state index >= 15 is 0 Å². The van der Waals surface area contributed by atoms with E-state index in [-0.39, 0.29) is 11.6 Å². The molecule has 0 aliphatic rings. The molecule has 0 amide bonds. The monoisotopic (exact) mass is 261 g/mol. The fraction of sp³-hybridized carbons (Fsp3) is 0.538. The van der Waals surface area contributed by atoms with Crippen LogP contribution in [0.4, 0.5) is 13.2 Å². The van der Waals surface area contributed by atoms with E-state index in [1.54, 1.807) is 13.1 Å². The van der Waals surface area contributed by atoms with Crippen LogP contribution < -0.4 is 5.32 Å². The summed E-state index contributed by atoms with van der Waals surface area (Å²) in [5, 5.41) is 2.91. The molecular formula is C13H18F3NO. The fourth-order valence-corrected chi connectivity index (χ4v) is 1.86. The van der Waals surface area contributed by atoms with Crippen LogP contribution in [-0.2, 0) is 10.9 Å². The molecule has 2 nitrogen and oxygen atoms in total. The summed E-state index contributed by atoms with van der Waals surface area (Å²) in [5.41, 5.74) is -0.312. The van der Waals surface area contributed by atoms with Gasteiger partial charge in [-0.2, -0.15) is 13.2 Å². The van der Waals surface area contributed by atoms with Crippen molar-refractivity contribution in [2.24, 2.45) is 0 Å². The zero-order valence-electron chi connectivity index (χ0n) is 10.6. The van der Waals surface area contributed by atoms with E-state index in [0.29, 0.717) is 19.6 Å². The average molecular weight is 261 g/mol. The number of nitrogens with one attached hydrogen (secondary N) is 1. The van der Waals surface area contributed by atoms with E-state index < -0.39 is 11.7 Å². The highest BCUT2D eigenvalue weighted by Crippen LogP contribution is 2.35. The minimum Gasteiger partial charge on any atom is -0.382 e. The first-order valence-corrected chi connectivity index (χ1v) is 5.91. The molecule has 18 heavy (non-hydrogen) atoms. The Bertz CT molecular complexity index is 365. The molecule has 1 aromatic carbocycles. The van der Waals surface area contributed by atoms with Gasteiger partial charge in [0.2, 0.25) is 0 Å². The predicted octanol–water partition coefficient (Wildman–Crippen LogP) is 3.39. The van der Waals surface area contributed by atoms with Gasteiger partial charge in [0.15, 0.2) is 0 Å². The van der Waals surface area contributed by atoms with Crippen LogP contribution in [0.2, 0.25) is 0 Å². The SMILES string of the molecule is CCOCCC(NC)c1ccccc1C(F)(F)F. The maximum atomic E-state index is 12.9. The Balaban J connectivity index is 2.91. The van der Waals surface area contributed by atoms with Crippen molar-refractivity contribution in [1.29, 1.82) is 0 Å². The van der Waals surface area contributed by atoms with Crippen molar-refractivity contribution < 1.29 is 17.9 Å². The number of alkyl halides is 3. The summed E-state index contributed by atoms with van der Waals surface area (Å²) in [7, 11) is 1.66. The number of ether oxygens (including phenoxy) is 1. The average Bonchev–Trinajstić information content (AvgIpc) is 2.34. The molecule has 1 atom stereocenters. The van der Waals surface area contributed by atoms with Crippen molar-refractivity contribution in [2.45, 2.75) is 25.6 Å². The van der Waals surface area contributed by atoms with Crippen LogP contribution in [0.3, 0.4) is 0 Å². The Kier molecular flexibility index (Phi) is 5.62. The molecular weight excluding hydrogens is 243 g/mol. The Morgan fingerprint density at radius 2 is 1.94 bits per heavy atom. The zero-order valence-corrected chi connectivity index (χ0v) is 10.6. The summed E-state index contributed by atoms with van der Waals surface area (Å²) >= 11 is 0. The Labute approximate surface area is 105 Å². The smallest absolute Gasteiger partial charge is 0.382 e. The van der Waals surface area contributed by atoms with Crippen LogP contribution in [0.15, 0.2) is 24.3 Å². The third-order valence-electron chi connectivity index (χ3n) is 2.75. The topological polar surface area (TPSA) is 21.3 Å². The molecule has 0 radical (unpaired) electrons. The van der Waals surface area contributed by atoms with Gasteiger partial charge in [0.1, 0.15) is 0 Å². The van der Waals surface area contributed by atoms with E-state index in [1.165, 1.54) is 12.1 Å². The second kappa shape index (κ2) is 6.75. The number of benzene rings is 1. The van der Waals surface area contributed by atoms with Gasteiger partial charge >= 0.3 is 6.18 Å². The van der Waals surface area contributed by atoms with E-state index in [2.05, 4.69) is 5.32 Å². The Morgan fingerprint density at radius 1 is 1.28 bits per heavy atom. The van der Waals surface area contributed by atoms with Gasteiger partial charge in [0.25, 0.3) is 0 Å². The normalized spacial score (nSPS) is 13.6.